The van der Waals surface area contributed by atoms with Gasteiger partial charge in [-0.2, -0.15) is 0 Å². The molecule has 2 unspecified atom stereocenters. The number of nitrogens with two attached hydrogens (primary N) is 1. The molecule has 1 aromatic rings. The zero-order valence-corrected chi connectivity index (χ0v) is 10.5. The van der Waals surface area contributed by atoms with E-state index in [4.69, 9.17) is 5.73 Å². The molecule has 0 radical (unpaired) electrons. The van der Waals surface area contributed by atoms with Gasteiger partial charge in [-0.25, -0.2) is 0 Å². The molecule has 0 aromatic heterocycles. The molecule has 1 aliphatic rings. The maximum absolute atomic E-state index is 11.9. The Morgan fingerprint density at radius 2 is 2.06 bits per heavy atom. The average molecular weight is 232 g/mol. The predicted molar refractivity (Wildman–Crippen MR) is 68.5 cm³/mol. The fourth-order valence-corrected chi connectivity index (χ4v) is 2.37. The third kappa shape index (κ3) is 2.50. The standard InChI is InChI=1S/C14H20N2O/c1-10-3-5-13(6-4-10)11(2)16-9-12(8-15)7-14(16)17/h3-6,11-12H,7-9,15H2,1-2H3. The van der Waals surface area contributed by atoms with E-state index < -0.39 is 0 Å². The van der Waals surface area contributed by atoms with Crippen LogP contribution in [0.25, 0.3) is 0 Å². The SMILES string of the molecule is Cc1ccc(C(C)N2CC(CN)CC2=O)cc1. The molecule has 2 rings (SSSR count). The van der Waals surface area contributed by atoms with Crippen molar-refractivity contribution in [2.75, 3.05) is 13.1 Å². The monoisotopic (exact) mass is 232 g/mol. The van der Waals surface area contributed by atoms with Gasteiger partial charge in [-0.3, -0.25) is 4.79 Å². The lowest BCUT2D eigenvalue weighted by Gasteiger charge is -2.25. The number of amides is 1. The Kier molecular flexibility index (Phi) is 3.48. The summed E-state index contributed by atoms with van der Waals surface area (Å²) in [5.41, 5.74) is 8.08. The molecule has 2 N–H and O–H groups in total. The second-order valence-electron chi connectivity index (χ2n) is 4.94. The average Bonchev–Trinajstić information content (AvgIpc) is 2.71. The van der Waals surface area contributed by atoms with Crippen LogP contribution < -0.4 is 5.73 Å². The number of rotatable bonds is 3. The Balaban J connectivity index is 2.12. The number of carbonyl (C=O) groups excluding carboxylic acids is 1. The Labute approximate surface area is 103 Å². The highest BCUT2D eigenvalue weighted by Crippen LogP contribution is 2.28. The highest BCUT2D eigenvalue weighted by atomic mass is 16.2. The molecule has 1 aliphatic heterocycles. The van der Waals surface area contributed by atoms with Crippen molar-refractivity contribution >= 4 is 5.91 Å². The van der Waals surface area contributed by atoms with Gasteiger partial charge in [-0.1, -0.05) is 29.8 Å². The van der Waals surface area contributed by atoms with Crippen LogP contribution in [0.3, 0.4) is 0 Å². The van der Waals surface area contributed by atoms with E-state index in [2.05, 4.69) is 38.1 Å². The van der Waals surface area contributed by atoms with Crippen molar-refractivity contribution in [3.63, 3.8) is 0 Å². The number of carbonyl (C=O) groups is 1. The van der Waals surface area contributed by atoms with Crippen molar-refractivity contribution in [2.24, 2.45) is 11.7 Å². The summed E-state index contributed by atoms with van der Waals surface area (Å²) in [6.45, 7) is 5.55. The Bertz CT molecular complexity index is 399. The molecule has 0 aliphatic carbocycles. The summed E-state index contributed by atoms with van der Waals surface area (Å²) in [5.74, 6) is 0.559. The van der Waals surface area contributed by atoms with Crippen LogP contribution in [0.5, 0.6) is 0 Å². The fraction of sp³-hybridized carbons (Fsp3) is 0.500. The first-order chi connectivity index (χ1) is 8.11. The first-order valence-corrected chi connectivity index (χ1v) is 6.18. The van der Waals surface area contributed by atoms with Gasteiger partial charge in [0.05, 0.1) is 6.04 Å². The number of likely N-dealkylation sites (tertiary alicyclic amines) is 1. The van der Waals surface area contributed by atoms with Crippen molar-refractivity contribution in [1.29, 1.82) is 0 Å². The molecule has 3 heteroatoms. The van der Waals surface area contributed by atoms with Gasteiger partial charge >= 0.3 is 0 Å². The van der Waals surface area contributed by atoms with Crippen LogP contribution in [0.2, 0.25) is 0 Å². The van der Waals surface area contributed by atoms with Gasteiger partial charge < -0.3 is 10.6 Å². The minimum atomic E-state index is 0.152. The van der Waals surface area contributed by atoms with Crippen molar-refractivity contribution in [2.45, 2.75) is 26.3 Å². The van der Waals surface area contributed by atoms with E-state index in [0.717, 1.165) is 6.54 Å². The molecule has 2 atom stereocenters. The van der Waals surface area contributed by atoms with E-state index in [1.54, 1.807) is 0 Å². The van der Waals surface area contributed by atoms with E-state index in [1.807, 2.05) is 4.90 Å². The summed E-state index contributed by atoms with van der Waals surface area (Å²) in [6, 6.07) is 8.53. The smallest absolute Gasteiger partial charge is 0.223 e. The Morgan fingerprint density at radius 1 is 1.41 bits per heavy atom. The first-order valence-electron chi connectivity index (χ1n) is 6.18. The molecular formula is C14H20N2O. The number of aryl methyl sites for hydroxylation is 1. The van der Waals surface area contributed by atoms with Gasteiger partial charge in [0.15, 0.2) is 0 Å². The van der Waals surface area contributed by atoms with Crippen LogP contribution in [0, 0.1) is 12.8 Å². The Morgan fingerprint density at radius 3 is 2.59 bits per heavy atom. The summed E-state index contributed by atoms with van der Waals surface area (Å²) in [6.07, 6.45) is 0.604. The van der Waals surface area contributed by atoms with Crippen LogP contribution in [0.4, 0.5) is 0 Å². The number of hydrogen-bond acceptors (Lipinski definition) is 2. The molecule has 1 amide bonds. The molecule has 92 valence electrons. The van der Waals surface area contributed by atoms with E-state index in [1.165, 1.54) is 11.1 Å². The third-order valence-electron chi connectivity index (χ3n) is 3.60. The topological polar surface area (TPSA) is 46.3 Å². The first kappa shape index (κ1) is 12.1. The fourth-order valence-electron chi connectivity index (χ4n) is 2.37. The number of benzene rings is 1. The minimum Gasteiger partial charge on any atom is -0.336 e. The van der Waals surface area contributed by atoms with Gasteiger partial charge in [0, 0.05) is 13.0 Å². The van der Waals surface area contributed by atoms with Crippen LogP contribution in [0.15, 0.2) is 24.3 Å². The van der Waals surface area contributed by atoms with E-state index in [-0.39, 0.29) is 11.9 Å². The molecule has 1 saturated heterocycles. The number of nitrogens with zero attached hydrogens (tertiary/aromatic N) is 1. The van der Waals surface area contributed by atoms with Crippen molar-refractivity contribution < 1.29 is 4.79 Å². The van der Waals surface area contributed by atoms with Crippen LogP contribution in [-0.4, -0.2) is 23.9 Å². The zero-order chi connectivity index (χ0) is 12.4. The summed E-state index contributed by atoms with van der Waals surface area (Å²) in [5, 5.41) is 0. The molecule has 1 fully saturated rings. The van der Waals surface area contributed by atoms with Crippen LogP contribution in [-0.2, 0) is 4.79 Å². The van der Waals surface area contributed by atoms with Crippen molar-refractivity contribution in [1.82, 2.24) is 4.90 Å². The molecule has 1 heterocycles. The molecular weight excluding hydrogens is 212 g/mol. The van der Waals surface area contributed by atoms with E-state index in [9.17, 15) is 4.79 Å². The molecule has 0 bridgehead atoms. The number of hydrogen-bond donors (Lipinski definition) is 1. The van der Waals surface area contributed by atoms with Crippen LogP contribution >= 0.6 is 0 Å². The van der Waals surface area contributed by atoms with Crippen LogP contribution in [0.1, 0.15) is 30.5 Å². The maximum atomic E-state index is 11.9. The van der Waals surface area contributed by atoms with Gasteiger partial charge in [-0.15, -0.1) is 0 Å². The molecule has 17 heavy (non-hydrogen) atoms. The summed E-state index contributed by atoms with van der Waals surface area (Å²) >= 11 is 0. The molecule has 0 saturated carbocycles. The van der Waals surface area contributed by atoms with E-state index in [0.29, 0.717) is 18.9 Å². The Hall–Kier alpha value is -1.35. The molecule has 0 spiro atoms. The highest BCUT2D eigenvalue weighted by molar-refractivity contribution is 5.79. The lowest BCUT2D eigenvalue weighted by Crippen LogP contribution is -2.29. The highest BCUT2D eigenvalue weighted by Gasteiger charge is 2.32. The van der Waals surface area contributed by atoms with Crippen molar-refractivity contribution in [3.05, 3.63) is 35.4 Å². The summed E-state index contributed by atoms with van der Waals surface area (Å²) in [4.78, 5) is 13.8. The minimum absolute atomic E-state index is 0.152. The van der Waals surface area contributed by atoms with Gasteiger partial charge in [0.1, 0.15) is 0 Å². The summed E-state index contributed by atoms with van der Waals surface area (Å²) in [7, 11) is 0. The molecule has 3 nitrogen and oxygen atoms in total. The maximum Gasteiger partial charge on any atom is 0.223 e. The van der Waals surface area contributed by atoms with E-state index >= 15 is 0 Å². The third-order valence-corrected chi connectivity index (χ3v) is 3.60. The second-order valence-corrected chi connectivity index (χ2v) is 4.94. The zero-order valence-electron chi connectivity index (χ0n) is 10.5. The van der Waals surface area contributed by atoms with Gasteiger partial charge in [0.2, 0.25) is 5.91 Å². The van der Waals surface area contributed by atoms with Gasteiger partial charge in [0.25, 0.3) is 0 Å². The largest absolute Gasteiger partial charge is 0.336 e. The second kappa shape index (κ2) is 4.88. The lowest BCUT2D eigenvalue weighted by atomic mass is 10.1. The normalized spacial score (nSPS) is 21.9. The summed E-state index contributed by atoms with van der Waals surface area (Å²) < 4.78 is 0. The molecule has 1 aromatic carbocycles. The van der Waals surface area contributed by atoms with Gasteiger partial charge in [-0.05, 0) is 31.9 Å². The van der Waals surface area contributed by atoms with Crippen molar-refractivity contribution in [3.8, 4) is 0 Å². The lowest BCUT2D eigenvalue weighted by molar-refractivity contribution is -0.129. The quantitative estimate of drug-likeness (QED) is 0.864. The predicted octanol–water partition coefficient (Wildman–Crippen LogP) is 1.86.